The van der Waals surface area contributed by atoms with E-state index in [1.54, 1.807) is 18.6 Å². The molecule has 0 bridgehead atoms. The van der Waals surface area contributed by atoms with Gasteiger partial charge in [0.25, 0.3) is 0 Å². The lowest BCUT2D eigenvalue weighted by atomic mass is 9.83. The number of fused-ring (bicyclic) bond motifs is 1. The summed E-state index contributed by atoms with van der Waals surface area (Å²) in [5.41, 5.74) is 10.3. The van der Waals surface area contributed by atoms with E-state index < -0.39 is 0 Å². The normalized spacial score (nSPS) is 13.6. The van der Waals surface area contributed by atoms with Crippen molar-refractivity contribution in [2.24, 2.45) is 0 Å². The van der Waals surface area contributed by atoms with Crippen molar-refractivity contribution < 1.29 is 13.9 Å². The molecule has 38 heavy (non-hydrogen) atoms. The molecule has 6 rings (SSSR count). The first kappa shape index (κ1) is 23.7. The summed E-state index contributed by atoms with van der Waals surface area (Å²) in [5, 5.41) is 0. The number of anilines is 1. The number of ketones is 1. The molecule has 9 heteroatoms. The highest BCUT2D eigenvalue weighted by Crippen LogP contribution is 2.38. The van der Waals surface area contributed by atoms with E-state index in [-0.39, 0.29) is 17.5 Å². The summed E-state index contributed by atoms with van der Waals surface area (Å²) in [7, 11) is 0. The summed E-state index contributed by atoms with van der Waals surface area (Å²) in [6.45, 7) is 1.84. The lowest BCUT2D eigenvalue weighted by Crippen LogP contribution is -2.23. The third kappa shape index (κ3) is 4.70. The van der Waals surface area contributed by atoms with Gasteiger partial charge in [0.2, 0.25) is 0 Å². The molecule has 5 aromatic rings. The van der Waals surface area contributed by atoms with Crippen molar-refractivity contribution in [2.75, 3.05) is 5.73 Å². The van der Waals surface area contributed by atoms with E-state index in [1.807, 2.05) is 47.9 Å². The summed E-state index contributed by atoms with van der Waals surface area (Å²) < 4.78 is 22.3. The second-order valence-electron chi connectivity index (χ2n) is 9.55. The van der Waals surface area contributed by atoms with Crippen LogP contribution in [0.1, 0.15) is 41.5 Å². The standard InChI is InChI=1S/C29H25FN6O2/c1-17-33-15-19(16-34-17)3-2-18-10-22(30)14-25(11-18)38-24-6-4-20(5-7-24)26-27-28(31)32-8-9-36(27)29(35-26)21-12-23(37)13-21/h4-11,14-16,21H,2-3,12-13H2,1H3,(H2,31,32). The zero-order chi connectivity index (χ0) is 26.2. The Hall–Kier alpha value is -4.66. The van der Waals surface area contributed by atoms with Crippen LogP contribution >= 0.6 is 0 Å². The maximum Gasteiger partial charge on any atom is 0.150 e. The molecule has 190 valence electrons. The molecule has 3 heterocycles. The Bertz CT molecular complexity index is 1640. The van der Waals surface area contributed by atoms with Crippen LogP contribution in [0.2, 0.25) is 0 Å². The first-order valence-corrected chi connectivity index (χ1v) is 12.4. The van der Waals surface area contributed by atoms with Crippen LogP contribution in [0.25, 0.3) is 16.8 Å². The molecular weight excluding hydrogens is 483 g/mol. The first-order chi connectivity index (χ1) is 18.4. The summed E-state index contributed by atoms with van der Waals surface area (Å²) in [6.07, 6.45) is 9.36. The number of rotatable bonds is 7. The van der Waals surface area contributed by atoms with Gasteiger partial charge in [0.15, 0.2) is 0 Å². The van der Waals surface area contributed by atoms with Crippen LogP contribution < -0.4 is 10.5 Å². The fourth-order valence-corrected chi connectivity index (χ4v) is 4.73. The van der Waals surface area contributed by atoms with E-state index in [0.717, 1.165) is 28.3 Å². The van der Waals surface area contributed by atoms with Gasteiger partial charge >= 0.3 is 0 Å². The number of aryl methyl sites for hydroxylation is 3. The van der Waals surface area contributed by atoms with Crippen molar-refractivity contribution in [3.8, 4) is 22.8 Å². The number of imidazole rings is 1. The minimum absolute atomic E-state index is 0.0777. The molecule has 0 amide bonds. The molecule has 3 aromatic heterocycles. The van der Waals surface area contributed by atoms with E-state index in [2.05, 4.69) is 15.0 Å². The molecule has 2 aromatic carbocycles. The van der Waals surface area contributed by atoms with Crippen LogP contribution in [-0.2, 0) is 17.6 Å². The van der Waals surface area contributed by atoms with Crippen molar-refractivity contribution in [1.82, 2.24) is 24.3 Å². The van der Waals surface area contributed by atoms with Crippen molar-refractivity contribution in [3.63, 3.8) is 0 Å². The molecule has 0 spiro atoms. The largest absolute Gasteiger partial charge is 0.457 e. The second-order valence-corrected chi connectivity index (χ2v) is 9.55. The number of hydrogen-bond donors (Lipinski definition) is 1. The van der Waals surface area contributed by atoms with E-state index in [4.69, 9.17) is 15.5 Å². The third-order valence-corrected chi connectivity index (χ3v) is 6.75. The summed E-state index contributed by atoms with van der Waals surface area (Å²) in [4.78, 5) is 29.1. The van der Waals surface area contributed by atoms with Gasteiger partial charge in [-0.15, -0.1) is 0 Å². The van der Waals surface area contributed by atoms with Crippen molar-refractivity contribution >= 4 is 17.1 Å². The van der Waals surface area contributed by atoms with Crippen LogP contribution in [0.5, 0.6) is 11.5 Å². The molecule has 1 fully saturated rings. The van der Waals surface area contributed by atoms with E-state index in [1.165, 1.54) is 12.1 Å². The molecule has 1 saturated carbocycles. The maximum absolute atomic E-state index is 14.4. The Morgan fingerprint density at radius 2 is 1.74 bits per heavy atom. The van der Waals surface area contributed by atoms with Gasteiger partial charge in [0, 0.05) is 55.2 Å². The number of Topliss-reactive ketones (excluding diaryl/α,β-unsaturated/α-hetero) is 1. The van der Waals surface area contributed by atoms with Crippen molar-refractivity contribution in [1.29, 1.82) is 0 Å². The van der Waals surface area contributed by atoms with Crippen LogP contribution in [0.3, 0.4) is 0 Å². The predicted octanol–water partition coefficient (Wildman–Crippen LogP) is 5.24. The molecule has 0 radical (unpaired) electrons. The molecule has 0 unspecified atom stereocenters. The van der Waals surface area contributed by atoms with Crippen LogP contribution in [-0.4, -0.2) is 30.1 Å². The van der Waals surface area contributed by atoms with Gasteiger partial charge in [-0.1, -0.05) is 0 Å². The summed E-state index contributed by atoms with van der Waals surface area (Å²) >= 11 is 0. The Labute approximate surface area is 218 Å². The number of nitrogens with zero attached hydrogens (tertiary/aromatic N) is 5. The smallest absolute Gasteiger partial charge is 0.150 e. The predicted molar refractivity (Wildman–Crippen MR) is 140 cm³/mol. The van der Waals surface area contributed by atoms with Gasteiger partial charge in [-0.2, -0.15) is 0 Å². The molecule has 2 N–H and O–H groups in total. The average Bonchev–Trinajstić information content (AvgIpc) is 3.27. The molecule has 0 aliphatic heterocycles. The highest BCUT2D eigenvalue weighted by atomic mass is 19.1. The minimum Gasteiger partial charge on any atom is -0.457 e. The summed E-state index contributed by atoms with van der Waals surface area (Å²) in [6, 6.07) is 12.1. The third-order valence-electron chi connectivity index (χ3n) is 6.75. The Morgan fingerprint density at radius 1 is 1.00 bits per heavy atom. The number of carbonyl (C=O) groups excluding carboxylic acids is 1. The topological polar surface area (TPSA) is 108 Å². The fourth-order valence-electron chi connectivity index (χ4n) is 4.73. The molecule has 1 aliphatic rings. The average molecular weight is 509 g/mol. The lowest BCUT2D eigenvalue weighted by molar-refractivity contribution is -0.124. The highest BCUT2D eigenvalue weighted by Gasteiger charge is 2.32. The molecule has 0 saturated heterocycles. The highest BCUT2D eigenvalue weighted by molar-refractivity contribution is 5.88. The number of nitrogens with two attached hydrogens (primary N) is 1. The SMILES string of the molecule is Cc1ncc(CCc2cc(F)cc(Oc3ccc(-c4nc(C5CC(=O)C5)n5ccnc(N)c45)cc3)c2)cn1. The second kappa shape index (κ2) is 9.66. The van der Waals surface area contributed by atoms with Gasteiger partial charge in [0.05, 0.1) is 0 Å². The van der Waals surface area contributed by atoms with Gasteiger partial charge in [-0.3, -0.25) is 9.20 Å². The van der Waals surface area contributed by atoms with Gasteiger partial charge in [0.1, 0.15) is 51.8 Å². The monoisotopic (exact) mass is 508 g/mol. The quantitative estimate of drug-likeness (QED) is 0.320. The minimum atomic E-state index is -0.358. The van der Waals surface area contributed by atoms with Crippen LogP contribution in [0.15, 0.2) is 67.3 Å². The van der Waals surface area contributed by atoms with E-state index >= 15 is 0 Å². The Kier molecular flexibility index (Phi) is 6.03. The number of ether oxygens (including phenoxy) is 1. The number of carbonyl (C=O) groups is 1. The molecule has 1 aliphatic carbocycles. The van der Waals surface area contributed by atoms with Gasteiger partial charge in [-0.05, 0) is 67.3 Å². The van der Waals surface area contributed by atoms with Crippen LogP contribution in [0.4, 0.5) is 10.2 Å². The van der Waals surface area contributed by atoms with E-state index in [0.29, 0.717) is 54.2 Å². The molecular formula is C29H25FN6O2. The van der Waals surface area contributed by atoms with Crippen molar-refractivity contribution in [2.45, 2.75) is 38.5 Å². The van der Waals surface area contributed by atoms with Crippen LogP contribution in [0, 0.1) is 12.7 Å². The fraction of sp³-hybridized carbons (Fsp3) is 0.207. The van der Waals surface area contributed by atoms with E-state index in [9.17, 15) is 9.18 Å². The maximum atomic E-state index is 14.4. The zero-order valence-corrected chi connectivity index (χ0v) is 20.8. The van der Waals surface area contributed by atoms with Gasteiger partial charge < -0.3 is 10.5 Å². The number of benzene rings is 2. The molecule has 8 nitrogen and oxygen atoms in total. The number of halogens is 1. The van der Waals surface area contributed by atoms with Crippen molar-refractivity contribution in [3.05, 3.63) is 95.8 Å². The van der Waals surface area contributed by atoms with Gasteiger partial charge in [-0.25, -0.2) is 24.3 Å². The first-order valence-electron chi connectivity index (χ1n) is 12.4. The number of hydrogen-bond acceptors (Lipinski definition) is 7. The number of nitrogen functional groups attached to an aromatic ring is 1. The number of aromatic nitrogens is 5. The Morgan fingerprint density at radius 3 is 2.47 bits per heavy atom. The summed E-state index contributed by atoms with van der Waals surface area (Å²) in [5.74, 6) is 2.85. The Balaban J connectivity index is 1.22. The zero-order valence-electron chi connectivity index (χ0n) is 20.8. The lowest BCUT2D eigenvalue weighted by Gasteiger charge is -2.22. The molecule has 0 atom stereocenters.